The molecule has 0 aliphatic heterocycles. The van der Waals surface area contributed by atoms with Gasteiger partial charge in [-0.15, -0.1) is 0 Å². The highest BCUT2D eigenvalue weighted by Gasteiger charge is 2.44. The van der Waals surface area contributed by atoms with Crippen molar-refractivity contribution in [2.75, 3.05) is 0 Å². The van der Waals surface area contributed by atoms with Gasteiger partial charge in [0.1, 0.15) is 5.41 Å². The zero-order valence-electron chi connectivity index (χ0n) is 11.8. The molecule has 0 aromatic heterocycles. The molecule has 0 amide bonds. The molecular formula is C18H16ClNO. The number of hydrogen-bond acceptors (Lipinski definition) is 2. The summed E-state index contributed by atoms with van der Waals surface area (Å²) >= 11 is 5.82. The largest absolute Gasteiger partial charge is 0.281 e. The molecule has 1 unspecified atom stereocenters. The lowest BCUT2D eigenvalue weighted by atomic mass is 9.66. The number of halogens is 1. The van der Waals surface area contributed by atoms with Crippen LogP contribution in [0.15, 0.2) is 60.7 Å². The normalized spacial score (nSPS) is 12.4. The van der Waals surface area contributed by atoms with E-state index in [1.54, 1.807) is 0 Å². The van der Waals surface area contributed by atoms with Crippen molar-refractivity contribution in [1.29, 1.82) is 5.26 Å². The van der Waals surface area contributed by atoms with Gasteiger partial charge >= 0.3 is 0 Å². The van der Waals surface area contributed by atoms with Gasteiger partial charge < -0.3 is 0 Å². The fourth-order valence-corrected chi connectivity index (χ4v) is 3.13. The summed E-state index contributed by atoms with van der Waals surface area (Å²) < 4.78 is 0. The van der Waals surface area contributed by atoms with E-state index in [0.717, 1.165) is 11.1 Å². The van der Waals surface area contributed by atoms with E-state index in [0.29, 0.717) is 6.42 Å². The Morgan fingerprint density at radius 3 is 1.81 bits per heavy atom. The molecule has 0 saturated carbocycles. The Morgan fingerprint density at radius 2 is 1.52 bits per heavy atom. The molecule has 0 heterocycles. The van der Waals surface area contributed by atoms with Gasteiger partial charge in [-0.3, -0.25) is 4.79 Å². The predicted octanol–water partition coefficient (Wildman–Crippen LogP) is 4.29. The molecule has 0 saturated heterocycles. The van der Waals surface area contributed by atoms with Crippen molar-refractivity contribution in [2.45, 2.75) is 18.8 Å². The summed E-state index contributed by atoms with van der Waals surface area (Å²) in [6.45, 7) is 1.88. The number of nitrogens with zero attached hydrogens (tertiary/aromatic N) is 1. The van der Waals surface area contributed by atoms with E-state index in [9.17, 15) is 10.1 Å². The first-order valence-electron chi connectivity index (χ1n) is 6.88. The van der Waals surface area contributed by atoms with Gasteiger partial charge in [-0.2, -0.15) is 5.26 Å². The standard InChI is InChI=1S/C18H16ClNO/c1-2-16(17(19)21)18(13-20,14-9-5-3-6-10-14)15-11-7-4-8-12-15/h3-12,16H,2H2,1H3. The molecule has 0 N–H and O–H groups in total. The molecule has 0 aliphatic carbocycles. The van der Waals surface area contributed by atoms with Crippen LogP contribution in [-0.2, 0) is 10.2 Å². The van der Waals surface area contributed by atoms with Crippen LogP contribution in [0.1, 0.15) is 24.5 Å². The topological polar surface area (TPSA) is 40.9 Å². The highest BCUT2D eigenvalue weighted by molar-refractivity contribution is 6.64. The molecule has 3 heteroatoms. The van der Waals surface area contributed by atoms with Crippen LogP contribution < -0.4 is 0 Å². The smallest absolute Gasteiger partial charge is 0.227 e. The molecule has 2 aromatic rings. The van der Waals surface area contributed by atoms with Crippen LogP contribution in [0.5, 0.6) is 0 Å². The zero-order chi connectivity index (χ0) is 15.3. The van der Waals surface area contributed by atoms with Crippen LogP contribution in [0.4, 0.5) is 0 Å². The third-order valence-electron chi connectivity index (χ3n) is 3.84. The molecule has 21 heavy (non-hydrogen) atoms. The van der Waals surface area contributed by atoms with Crippen molar-refractivity contribution in [2.24, 2.45) is 5.92 Å². The molecule has 0 bridgehead atoms. The summed E-state index contributed by atoms with van der Waals surface area (Å²) in [7, 11) is 0. The van der Waals surface area contributed by atoms with Gasteiger partial charge in [0, 0.05) is 0 Å². The van der Waals surface area contributed by atoms with E-state index in [1.165, 1.54) is 0 Å². The first-order chi connectivity index (χ1) is 10.2. The Labute approximate surface area is 130 Å². The van der Waals surface area contributed by atoms with Gasteiger partial charge in [0.05, 0.1) is 12.0 Å². The molecule has 0 aliphatic rings. The van der Waals surface area contributed by atoms with Gasteiger partial charge in [-0.05, 0) is 29.1 Å². The van der Waals surface area contributed by atoms with Crippen molar-refractivity contribution in [3.63, 3.8) is 0 Å². The molecule has 0 fully saturated rings. The second kappa shape index (κ2) is 6.56. The number of rotatable bonds is 5. The molecule has 2 aromatic carbocycles. The number of nitriles is 1. The average molecular weight is 298 g/mol. The lowest BCUT2D eigenvalue weighted by molar-refractivity contribution is -0.116. The minimum Gasteiger partial charge on any atom is -0.281 e. The fraction of sp³-hybridized carbons (Fsp3) is 0.222. The van der Waals surface area contributed by atoms with Crippen LogP contribution in [-0.4, -0.2) is 5.24 Å². The van der Waals surface area contributed by atoms with E-state index in [4.69, 9.17) is 11.6 Å². The number of carbonyl (C=O) groups is 1. The van der Waals surface area contributed by atoms with Crippen molar-refractivity contribution >= 4 is 16.8 Å². The third kappa shape index (κ3) is 2.70. The fourth-order valence-electron chi connectivity index (χ4n) is 2.82. The maximum atomic E-state index is 11.9. The Hall–Kier alpha value is -2.11. The zero-order valence-corrected chi connectivity index (χ0v) is 12.5. The predicted molar refractivity (Wildman–Crippen MR) is 83.9 cm³/mol. The van der Waals surface area contributed by atoms with E-state index in [2.05, 4.69) is 6.07 Å². The van der Waals surface area contributed by atoms with E-state index < -0.39 is 16.6 Å². The highest BCUT2D eigenvalue weighted by atomic mass is 35.5. The maximum absolute atomic E-state index is 11.9. The number of benzene rings is 2. The molecule has 106 valence electrons. The van der Waals surface area contributed by atoms with Crippen LogP contribution in [0.3, 0.4) is 0 Å². The monoisotopic (exact) mass is 297 g/mol. The summed E-state index contributed by atoms with van der Waals surface area (Å²) in [4.78, 5) is 11.9. The van der Waals surface area contributed by atoms with Crippen molar-refractivity contribution < 1.29 is 4.79 Å². The van der Waals surface area contributed by atoms with Crippen LogP contribution in [0.2, 0.25) is 0 Å². The van der Waals surface area contributed by atoms with Crippen molar-refractivity contribution in [3.05, 3.63) is 71.8 Å². The first-order valence-corrected chi connectivity index (χ1v) is 7.26. The molecule has 2 nitrogen and oxygen atoms in total. The second-order valence-corrected chi connectivity index (χ2v) is 5.29. The van der Waals surface area contributed by atoms with Gasteiger partial charge in [-0.25, -0.2) is 0 Å². The Morgan fingerprint density at radius 1 is 1.10 bits per heavy atom. The van der Waals surface area contributed by atoms with Gasteiger partial charge in [0.25, 0.3) is 0 Å². The summed E-state index contributed by atoms with van der Waals surface area (Å²) in [5.41, 5.74) is 0.523. The molecule has 0 spiro atoms. The van der Waals surface area contributed by atoms with E-state index in [1.807, 2.05) is 67.6 Å². The van der Waals surface area contributed by atoms with Crippen LogP contribution in [0.25, 0.3) is 0 Å². The Bertz CT molecular complexity index is 606. The second-order valence-electron chi connectivity index (χ2n) is 4.92. The van der Waals surface area contributed by atoms with E-state index >= 15 is 0 Å². The maximum Gasteiger partial charge on any atom is 0.227 e. The van der Waals surface area contributed by atoms with Gasteiger partial charge in [-0.1, -0.05) is 67.6 Å². The minimum atomic E-state index is -1.06. The molecule has 2 rings (SSSR count). The molecular weight excluding hydrogens is 282 g/mol. The molecule has 0 radical (unpaired) electrons. The Kier molecular flexibility index (Phi) is 4.77. The lowest BCUT2D eigenvalue weighted by Gasteiger charge is -2.33. The summed E-state index contributed by atoms with van der Waals surface area (Å²) in [6.07, 6.45) is 0.500. The first kappa shape index (κ1) is 15.3. The van der Waals surface area contributed by atoms with Crippen molar-refractivity contribution in [3.8, 4) is 6.07 Å². The summed E-state index contributed by atoms with van der Waals surface area (Å²) in [5, 5.41) is 9.49. The van der Waals surface area contributed by atoms with Gasteiger partial charge in [0.2, 0.25) is 5.24 Å². The van der Waals surface area contributed by atoms with Crippen LogP contribution in [0, 0.1) is 17.2 Å². The third-order valence-corrected chi connectivity index (χ3v) is 4.10. The SMILES string of the molecule is CCC(C(=O)Cl)C(C#N)(c1ccccc1)c1ccccc1. The summed E-state index contributed by atoms with van der Waals surface area (Å²) in [6, 6.07) is 21.1. The lowest BCUT2D eigenvalue weighted by Crippen LogP contribution is -2.38. The van der Waals surface area contributed by atoms with Crippen molar-refractivity contribution in [1.82, 2.24) is 0 Å². The quantitative estimate of drug-likeness (QED) is 0.773. The van der Waals surface area contributed by atoms with Gasteiger partial charge in [0.15, 0.2) is 0 Å². The number of hydrogen-bond donors (Lipinski definition) is 0. The minimum absolute atomic E-state index is 0.480. The molecule has 1 atom stereocenters. The average Bonchev–Trinajstić information content (AvgIpc) is 2.54. The Balaban J connectivity index is 2.75. The number of carbonyl (C=O) groups excluding carboxylic acids is 1. The highest BCUT2D eigenvalue weighted by Crippen LogP contribution is 2.41. The summed E-state index contributed by atoms with van der Waals surface area (Å²) in [5.74, 6) is -0.589. The van der Waals surface area contributed by atoms with E-state index in [-0.39, 0.29) is 0 Å². The van der Waals surface area contributed by atoms with Crippen LogP contribution >= 0.6 is 11.6 Å².